The van der Waals surface area contributed by atoms with Crippen molar-refractivity contribution in [1.29, 1.82) is 0 Å². The summed E-state index contributed by atoms with van der Waals surface area (Å²) in [7, 11) is 0. The summed E-state index contributed by atoms with van der Waals surface area (Å²) in [5.41, 5.74) is 3.67. The first kappa shape index (κ1) is 17.1. The quantitative estimate of drug-likeness (QED) is 0.404. The van der Waals surface area contributed by atoms with Crippen molar-refractivity contribution in [2.45, 2.75) is 17.5 Å². The maximum Gasteiger partial charge on any atom is 0.276 e. The fourth-order valence-electron chi connectivity index (χ4n) is 2.61. The molecule has 2 aromatic carbocycles. The summed E-state index contributed by atoms with van der Waals surface area (Å²) >= 11 is 4.91. The van der Waals surface area contributed by atoms with Gasteiger partial charge in [0.15, 0.2) is 0 Å². The molecule has 26 heavy (non-hydrogen) atoms. The van der Waals surface area contributed by atoms with Crippen LogP contribution in [0.1, 0.15) is 11.5 Å². The Morgan fingerprint density at radius 1 is 1.00 bits per heavy atom. The number of nitrogens with zero attached hydrogens (tertiary/aromatic N) is 4. The second kappa shape index (κ2) is 7.88. The minimum atomic E-state index is 0.458. The van der Waals surface area contributed by atoms with Crippen LogP contribution in [0.15, 0.2) is 81.1 Å². The van der Waals surface area contributed by atoms with Gasteiger partial charge in [0, 0.05) is 11.9 Å². The SMILES string of the molecule is Brc1cnn(Cc2nnc(SCc3ccccc3-c3ccccc3)o2)c1. The van der Waals surface area contributed by atoms with Gasteiger partial charge in [-0.25, -0.2) is 0 Å². The van der Waals surface area contributed by atoms with E-state index in [2.05, 4.69) is 79.8 Å². The van der Waals surface area contributed by atoms with E-state index >= 15 is 0 Å². The molecule has 0 bridgehead atoms. The molecule has 2 heterocycles. The molecule has 130 valence electrons. The lowest BCUT2D eigenvalue weighted by molar-refractivity contribution is 0.397. The summed E-state index contributed by atoms with van der Waals surface area (Å²) in [6, 6.07) is 18.8. The highest BCUT2D eigenvalue weighted by Crippen LogP contribution is 2.29. The van der Waals surface area contributed by atoms with Crippen LogP contribution in [-0.4, -0.2) is 20.0 Å². The molecule has 0 fully saturated rings. The minimum absolute atomic E-state index is 0.458. The van der Waals surface area contributed by atoms with Crippen LogP contribution in [0.25, 0.3) is 11.1 Å². The molecule has 0 saturated carbocycles. The number of hydrogen-bond acceptors (Lipinski definition) is 5. The predicted octanol–water partition coefficient (Wildman–Crippen LogP) is 5.04. The van der Waals surface area contributed by atoms with Gasteiger partial charge in [0.05, 0.1) is 10.7 Å². The highest BCUT2D eigenvalue weighted by atomic mass is 79.9. The molecule has 0 atom stereocenters. The second-order valence-electron chi connectivity index (χ2n) is 5.63. The van der Waals surface area contributed by atoms with E-state index < -0.39 is 0 Å². The average Bonchev–Trinajstić information content (AvgIpc) is 3.30. The molecule has 4 rings (SSSR count). The summed E-state index contributed by atoms with van der Waals surface area (Å²) in [5, 5.41) is 13.0. The van der Waals surface area contributed by atoms with Gasteiger partial charge in [-0.05, 0) is 32.6 Å². The van der Waals surface area contributed by atoms with Crippen molar-refractivity contribution in [2.75, 3.05) is 0 Å². The fraction of sp³-hybridized carbons (Fsp3) is 0.105. The normalized spacial score (nSPS) is 11.0. The Balaban J connectivity index is 1.45. The number of halogens is 1. The first-order valence-electron chi connectivity index (χ1n) is 8.04. The lowest BCUT2D eigenvalue weighted by Crippen LogP contribution is -1.99. The molecular formula is C19H15BrN4OS. The third-order valence-electron chi connectivity index (χ3n) is 3.80. The topological polar surface area (TPSA) is 56.7 Å². The van der Waals surface area contributed by atoms with E-state index in [1.54, 1.807) is 10.9 Å². The Bertz CT molecular complexity index is 999. The molecular weight excluding hydrogens is 412 g/mol. The van der Waals surface area contributed by atoms with Crippen LogP contribution in [0.3, 0.4) is 0 Å². The molecule has 5 nitrogen and oxygen atoms in total. The van der Waals surface area contributed by atoms with Gasteiger partial charge in [0.25, 0.3) is 5.22 Å². The average molecular weight is 427 g/mol. The van der Waals surface area contributed by atoms with E-state index in [-0.39, 0.29) is 0 Å². The van der Waals surface area contributed by atoms with Crippen LogP contribution in [0.4, 0.5) is 0 Å². The van der Waals surface area contributed by atoms with Crippen LogP contribution in [0.5, 0.6) is 0 Å². The van der Waals surface area contributed by atoms with Gasteiger partial charge in [-0.1, -0.05) is 66.4 Å². The van der Waals surface area contributed by atoms with Crippen molar-refractivity contribution in [1.82, 2.24) is 20.0 Å². The Hall–Kier alpha value is -2.38. The first-order valence-corrected chi connectivity index (χ1v) is 9.82. The van der Waals surface area contributed by atoms with Gasteiger partial charge in [0.1, 0.15) is 6.54 Å². The van der Waals surface area contributed by atoms with Crippen molar-refractivity contribution in [3.63, 3.8) is 0 Å². The van der Waals surface area contributed by atoms with Crippen molar-refractivity contribution in [3.8, 4) is 11.1 Å². The maximum absolute atomic E-state index is 5.73. The molecule has 2 aromatic heterocycles. The van der Waals surface area contributed by atoms with Crippen molar-refractivity contribution < 1.29 is 4.42 Å². The predicted molar refractivity (Wildman–Crippen MR) is 105 cm³/mol. The number of thioether (sulfide) groups is 1. The third-order valence-corrected chi connectivity index (χ3v) is 5.08. The van der Waals surface area contributed by atoms with E-state index in [0.29, 0.717) is 17.7 Å². The molecule has 0 amide bonds. The van der Waals surface area contributed by atoms with Crippen LogP contribution in [0, 0.1) is 0 Å². The molecule has 0 N–H and O–H groups in total. The molecule has 0 spiro atoms. The van der Waals surface area contributed by atoms with E-state index in [1.165, 1.54) is 28.5 Å². The molecule has 4 aromatic rings. The van der Waals surface area contributed by atoms with Crippen LogP contribution in [-0.2, 0) is 12.3 Å². The zero-order valence-electron chi connectivity index (χ0n) is 13.7. The maximum atomic E-state index is 5.73. The molecule has 0 aliphatic carbocycles. The summed E-state index contributed by atoms with van der Waals surface area (Å²) in [5.74, 6) is 1.31. The van der Waals surface area contributed by atoms with E-state index in [0.717, 1.165) is 10.2 Å². The van der Waals surface area contributed by atoms with Gasteiger partial charge in [0.2, 0.25) is 5.89 Å². The van der Waals surface area contributed by atoms with Gasteiger partial charge in [-0.2, -0.15) is 5.10 Å². The van der Waals surface area contributed by atoms with Crippen LogP contribution < -0.4 is 0 Å². The van der Waals surface area contributed by atoms with Crippen molar-refractivity contribution in [2.24, 2.45) is 0 Å². The second-order valence-corrected chi connectivity index (χ2v) is 7.47. The Labute approximate surface area is 163 Å². The molecule has 0 aliphatic rings. The molecule has 0 saturated heterocycles. The highest BCUT2D eigenvalue weighted by Gasteiger charge is 2.10. The molecule has 0 aliphatic heterocycles. The van der Waals surface area contributed by atoms with Crippen molar-refractivity contribution in [3.05, 3.63) is 82.9 Å². The number of hydrogen-bond donors (Lipinski definition) is 0. The van der Waals surface area contributed by atoms with Crippen LogP contribution in [0.2, 0.25) is 0 Å². The monoisotopic (exact) mass is 426 g/mol. The number of rotatable bonds is 6. The summed E-state index contributed by atoms with van der Waals surface area (Å²) in [6.07, 6.45) is 3.60. The number of aromatic nitrogens is 4. The molecule has 0 unspecified atom stereocenters. The first-order chi connectivity index (χ1) is 12.8. The van der Waals surface area contributed by atoms with Gasteiger partial charge in [-0.3, -0.25) is 4.68 Å². The Kier molecular flexibility index (Phi) is 5.17. The largest absolute Gasteiger partial charge is 0.414 e. The minimum Gasteiger partial charge on any atom is -0.414 e. The smallest absolute Gasteiger partial charge is 0.276 e. The van der Waals surface area contributed by atoms with E-state index in [9.17, 15) is 0 Å². The fourth-order valence-corrected chi connectivity index (χ4v) is 3.72. The zero-order chi connectivity index (χ0) is 17.8. The summed E-state index contributed by atoms with van der Waals surface area (Å²) in [4.78, 5) is 0. The van der Waals surface area contributed by atoms with Gasteiger partial charge < -0.3 is 4.42 Å². The van der Waals surface area contributed by atoms with E-state index in [4.69, 9.17) is 4.42 Å². The van der Waals surface area contributed by atoms with Gasteiger partial charge in [-0.15, -0.1) is 10.2 Å². The standard InChI is InChI=1S/C19H15BrN4OS/c20-16-10-21-24(11-16)12-18-22-23-19(25-18)26-13-15-8-4-5-9-17(15)14-6-2-1-3-7-14/h1-11H,12-13H2. The summed E-state index contributed by atoms with van der Waals surface area (Å²) in [6.45, 7) is 0.458. The number of benzene rings is 2. The van der Waals surface area contributed by atoms with Crippen LogP contribution >= 0.6 is 27.7 Å². The zero-order valence-corrected chi connectivity index (χ0v) is 16.2. The van der Waals surface area contributed by atoms with E-state index in [1.807, 2.05) is 12.3 Å². The summed E-state index contributed by atoms with van der Waals surface area (Å²) < 4.78 is 8.40. The highest BCUT2D eigenvalue weighted by molar-refractivity contribution is 9.10. The molecule has 7 heteroatoms. The van der Waals surface area contributed by atoms with Crippen molar-refractivity contribution >= 4 is 27.7 Å². The molecule has 0 radical (unpaired) electrons. The Morgan fingerprint density at radius 3 is 2.62 bits per heavy atom. The third kappa shape index (κ3) is 4.05. The lowest BCUT2D eigenvalue weighted by atomic mass is 10.0. The lowest BCUT2D eigenvalue weighted by Gasteiger charge is -2.08. The Morgan fingerprint density at radius 2 is 1.81 bits per heavy atom. The van der Waals surface area contributed by atoms with Gasteiger partial charge >= 0.3 is 0 Å².